The van der Waals surface area contributed by atoms with Crippen molar-refractivity contribution in [3.05, 3.63) is 30.1 Å². The van der Waals surface area contributed by atoms with E-state index in [1.54, 1.807) is 4.90 Å². The molecule has 1 aromatic heterocycles. The first kappa shape index (κ1) is 16.4. The number of hydrogen-bond donors (Lipinski definition) is 1. The van der Waals surface area contributed by atoms with E-state index in [4.69, 9.17) is 9.47 Å². The van der Waals surface area contributed by atoms with E-state index in [0.29, 0.717) is 32.1 Å². The van der Waals surface area contributed by atoms with E-state index in [-0.39, 0.29) is 0 Å². The number of anilines is 3. The van der Waals surface area contributed by atoms with Crippen molar-refractivity contribution in [1.29, 1.82) is 0 Å². The van der Waals surface area contributed by atoms with Gasteiger partial charge in [-0.15, -0.1) is 0 Å². The van der Waals surface area contributed by atoms with Gasteiger partial charge in [0.05, 0.1) is 0 Å². The van der Waals surface area contributed by atoms with E-state index in [0.717, 1.165) is 48.3 Å². The van der Waals surface area contributed by atoms with Gasteiger partial charge in [-0.05, 0) is 19.1 Å². The van der Waals surface area contributed by atoms with Crippen molar-refractivity contribution >= 4 is 23.7 Å². The van der Waals surface area contributed by atoms with Crippen molar-refractivity contribution in [1.82, 2.24) is 14.9 Å². The number of nitrogens with zero attached hydrogens (tertiary/aromatic N) is 4. The Morgan fingerprint density at radius 1 is 1.04 bits per heavy atom. The van der Waals surface area contributed by atoms with Crippen LogP contribution in [0, 0.1) is 6.92 Å². The number of ether oxygens (including phenoxy) is 2. The Balaban J connectivity index is 1.52. The summed E-state index contributed by atoms with van der Waals surface area (Å²) < 4.78 is 11.2. The van der Waals surface area contributed by atoms with Crippen LogP contribution in [0.25, 0.3) is 0 Å². The van der Waals surface area contributed by atoms with Crippen molar-refractivity contribution < 1.29 is 14.3 Å². The van der Waals surface area contributed by atoms with Gasteiger partial charge in [0, 0.05) is 44.0 Å². The molecule has 1 fully saturated rings. The first-order valence-corrected chi connectivity index (χ1v) is 8.68. The Hall–Kier alpha value is -3.03. The molecule has 1 aromatic carbocycles. The number of carbonyl (C=O) groups excluding carboxylic acids is 1. The second-order valence-corrected chi connectivity index (χ2v) is 6.27. The summed E-state index contributed by atoms with van der Waals surface area (Å²) in [6.07, 6.45) is 0.900. The van der Waals surface area contributed by atoms with Gasteiger partial charge >= 0.3 is 0 Å². The zero-order valence-electron chi connectivity index (χ0n) is 14.6. The third kappa shape index (κ3) is 3.49. The lowest BCUT2D eigenvalue weighted by Crippen LogP contribution is -2.46. The number of amides is 1. The maximum atomic E-state index is 10.9. The summed E-state index contributed by atoms with van der Waals surface area (Å²) in [5, 5.41) is 3.31. The van der Waals surface area contributed by atoms with E-state index in [2.05, 4.69) is 20.2 Å². The van der Waals surface area contributed by atoms with E-state index in [9.17, 15) is 4.79 Å². The average molecular weight is 355 g/mol. The average Bonchev–Trinajstić information content (AvgIpc) is 2.67. The van der Waals surface area contributed by atoms with E-state index in [1.165, 1.54) is 0 Å². The fraction of sp³-hybridized carbons (Fsp3) is 0.389. The fourth-order valence-electron chi connectivity index (χ4n) is 3.10. The molecule has 1 amide bonds. The van der Waals surface area contributed by atoms with Crippen molar-refractivity contribution in [3.8, 4) is 11.5 Å². The lowest BCUT2D eigenvalue weighted by Gasteiger charge is -2.33. The van der Waals surface area contributed by atoms with Crippen molar-refractivity contribution in [2.75, 3.05) is 49.6 Å². The normalized spacial score (nSPS) is 16.3. The van der Waals surface area contributed by atoms with Crippen molar-refractivity contribution in [2.24, 2.45) is 0 Å². The highest BCUT2D eigenvalue weighted by Gasteiger charge is 2.18. The van der Waals surface area contributed by atoms with Gasteiger partial charge < -0.3 is 24.6 Å². The Labute approximate surface area is 151 Å². The summed E-state index contributed by atoms with van der Waals surface area (Å²) >= 11 is 0. The van der Waals surface area contributed by atoms with Gasteiger partial charge in [0.25, 0.3) is 0 Å². The molecule has 2 aromatic rings. The molecule has 8 heteroatoms. The molecule has 0 spiro atoms. The topological polar surface area (TPSA) is 79.8 Å². The molecular formula is C18H21N5O3. The second kappa shape index (κ2) is 7.07. The minimum Gasteiger partial charge on any atom is -0.486 e. The molecular weight excluding hydrogens is 334 g/mol. The number of benzene rings is 1. The number of fused-ring (bicyclic) bond motifs is 1. The zero-order chi connectivity index (χ0) is 17.9. The Morgan fingerprint density at radius 2 is 1.81 bits per heavy atom. The van der Waals surface area contributed by atoms with Crippen LogP contribution < -0.4 is 19.7 Å². The predicted octanol–water partition coefficient (Wildman–Crippen LogP) is 1.58. The van der Waals surface area contributed by atoms with Crippen LogP contribution in [0.1, 0.15) is 5.82 Å². The van der Waals surface area contributed by atoms with Crippen LogP contribution in [-0.2, 0) is 4.79 Å². The van der Waals surface area contributed by atoms with Crippen molar-refractivity contribution in [2.45, 2.75) is 6.92 Å². The van der Waals surface area contributed by atoms with Gasteiger partial charge in [0.2, 0.25) is 6.41 Å². The number of aryl methyl sites for hydroxylation is 1. The number of piperazine rings is 1. The number of aromatic nitrogens is 2. The summed E-state index contributed by atoms with van der Waals surface area (Å²) in [5.41, 5.74) is 0.879. The lowest BCUT2D eigenvalue weighted by atomic mass is 10.2. The maximum absolute atomic E-state index is 10.9. The summed E-state index contributed by atoms with van der Waals surface area (Å²) in [6.45, 7) is 5.94. The summed E-state index contributed by atoms with van der Waals surface area (Å²) in [6, 6.07) is 7.67. The second-order valence-electron chi connectivity index (χ2n) is 6.27. The molecule has 2 aliphatic rings. The highest BCUT2D eigenvalue weighted by atomic mass is 16.6. The Bertz CT molecular complexity index is 805. The number of hydrogen-bond acceptors (Lipinski definition) is 7. The van der Waals surface area contributed by atoms with Crippen LogP contribution in [-0.4, -0.2) is 60.7 Å². The Morgan fingerprint density at radius 3 is 2.58 bits per heavy atom. The first-order valence-electron chi connectivity index (χ1n) is 8.68. The molecule has 26 heavy (non-hydrogen) atoms. The summed E-state index contributed by atoms with van der Waals surface area (Å²) in [5.74, 6) is 3.78. The third-order valence-corrected chi connectivity index (χ3v) is 4.43. The molecule has 2 aliphatic heterocycles. The molecule has 1 N–H and O–H groups in total. The van der Waals surface area contributed by atoms with Crippen LogP contribution in [0.4, 0.5) is 17.3 Å². The van der Waals surface area contributed by atoms with Crippen LogP contribution in [0.3, 0.4) is 0 Å². The highest BCUT2D eigenvalue weighted by molar-refractivity contribution is 5.63. The number of carbonyl (C=O) groups is 1. The molecule has 4 rings (SSSR count). The van der Waals surface area contributed by atoms with E-state index >= 15 is 0 Å². The molecule has 8 nitrogen and oxygen atoms in total. The SMILES string of the molecule is Cc1nc(Nc2ccc3c(c2)OCCO3)cc(N2CCN(C=O)CC2)n1. The molecule has 0 saturated carbocycles. The fourth-order valence-corrected chi connectivity index (χ4v) is 3.10. The van der Waals surface area contributed by atoms with Gasteiger partial charge in [-0.25, -0.2) is 9.97 Å². The molecule has 1 saturated heterocycles. The Kier molecular flexibility index (Phi) is 4.47. The standard InChI is InChI=1S/C18H21N5O3/c1-13-19-17(11-18(20-13)23-6-4-22(12-24)5-7-23)21-14-2-3-15-16(10-14)26-9-8-25-15/h2-3,10-12H,4-9H2,1H3,(H,19,20,21). The lowest BCUT2D eigenvalue weighted by molar-refractivity contribution is -0.118. The van der Waals surface area contributed by atoms with Gasteiger partial charge in [0.1, 0.15) is 30.7 Å². The molecule has 3 heterocycles. The maximum Gasteiger partial charge on any atom is 0.209 e. The van der Waals surface area contributed by atoms with Crippen LogP contribution in [0.15, 0.2) is 24.3 Å². The van der Waals surface area contributed by atoms with E-state index < -0.39 is 0 Å². The number of nitrogens with one attached hydrogen (secondary N) is 1. The molecule has 136 valence electrons. The van der Waals surface area contributed by atoms with Gasteiger partial charge in [-0.1, -0.05) is 0 Å². The van der Waals surface area contributed by atoms with Gasteiger partial charge in [-0.3, -0.25) is 4.79 Å². The highest BCUT2D eigenvalue weighted by Crippen LogP contribution is 2.33. The minimum absolute atomic E-state index is 0.556. The largest absolute Gasteiger partial charge is 0.486 e. The van der Waals surface area contributed by atoms with Gasteiger partial charge in [0.15, 0.2) is 11.5 Å². The van der Waals surface area contributed by atoms with Gasteiger partial charge in [-0.2, -0.15) is 0 Å². The molecule has 0 aliphatic carbocycles. The quantitative estimate of drug-likeness (QED) is 0.834. The smallest absolute Gasteiger partial charge is 0.209 e. The summed E-state index contributed by atoms with van der Waals surface area (Å²) in [4.78, 5) is 23.8. The van der Waals surface area contributed by atoms with Crippen LogP contribution in [0.5, 0.6) is 11.5 Å². The summed E-state index contributed by atoms with van der Waals surface area (Å²) in [7, 11) is 0. The zero-order valence-corrected chi connectivity index (χ0v) is 14.6. The third-order valence-electron chi connectivity index (χ3n) is 4.43. The van der Waals surface area contributed by atoms with Crippen LogP contribution >= 0.6 is 0 Å². The number of rotatable bonds is 4. The molecule has 0 radical (unpaired) electrons. The van der Waals surface area contributed by atoms with Crippen molar-refractivity contribution in [3.63, 3.8) is 0 Å². The minimum atomic E-state index is 0.556. The van der Waals surface area contributed by atoms with E-state index in [1.807, 2.05) is 31.2 Å². The first-order chi connectivity index (χ1) is 12.7. The molecule has 0 atom stereocenters. The molecule has 0 unspecified atom stereocenters. The monoisotopic (exact) mass is 355 g/mol. The molecule has 0 bridgehead atoms. The predicted molar refractivity (Wildman–Crippen MR) is 97.3 cm³/mol. The van der Waals surface area contributed by atoms with Crippen LogP contribution in [0.2, 0.25) is 0 Å².